The molecule has 0 saturated heterocycles. The van der Waals surface area contributed by atoms with Crippen molar-refractivity contribution < 1.29 is 0 Å². The highest BCUT2D eigenvalue weighted by molar-refractivity contribution is 5.19. The van der Waals surface area contributed by atoms with Crippen LogP contribution in [0, 0.1) is 17.8 Å². The quantitative estimate of drug-likeness (QED) is 0.701. The van der Waals surface area contributed by atoms with Crippen LogP contribution < -0.4 is 5.73 Å². The highest BCUT2D eigenvalue weighted by Crippen LogP contribution is 2.38. The van der Waals surface area contributed by atoms with Crippen LogP contribution in [0.5, 0.6) is 0 Å². The van der Waals surface area contributed by atoms with Gasteiger partial charge in [-0.25, -0.2) is 0 Å². The van der Waals surface area contributed by atoms with Crippen molar-refractivity contribution >= 4 is 0 Å². The van der Waals surface area contributed by atoms with Crippen LogP contribution >= 0.6 is 0 Å². The van der Waals surface area contributed by atoms with Crippen molar-refractivity contribution in [3.8, 4) is 0 Å². The van der Waals surface area contributed by atoms with Crippen molar-refractivity contribution in [1.29, 1.82) is 0 Å². The second kappa shape index (κ2) is 6.05. The summed E-state index contributed by atoms with van der Waals surface area (Å²) in [6.07, 6.45) is 9.75. The maximum Gasteiger partial charge on any atom is 0.0145 e. The van der Waals surface area contributed by atoms with Crippen LogP contribution in [-0.2, 0) is 0 Å². The summed E-state index contributed by atoms with van der Waals surface area (Å²) in [7, 11) is 0. The molecule has 1 aliphatic rings. The van der Waals surface area contributed by atoms with E-state index in [0.717, 1.165) is 12.8 Å². The first-order valence-electron chi connectivity index (χ1n) is 6.32. The van der Waals surface area contributed by atoms with Gasteiger partial charge in [0.1, 0.15) is 0 Å². The third-order valence-corrected chi connectivity index (χ3v) is 3.71. The molecule has 0 bridgehead atoms. The van der Waals surface area contributed by atoms with Crippen LogP contribution in [0.3, 0.4) is 0 Å². The number of hydrogen-bond donors (Lipinski definition) is 1. The van der Waals surface area contributed by atoms with Crippen LogP contribution in [0.15, 0.2) is 37.0 Å². The predicted octanol–water partition coefficient (Wildman–Crippen LogP) is 3.68. The zero-order chi connectivity index (χ0) is 12.1. The molecule has 0 spiro atoms. The van der Waals surface area contributed by atoms with E-state index in [2.05, 4.69) is 39.2 Å². The highest BCUT2D eigenvalue weighted by Gasteiger charge is 2.33. The topological polar surface area (TPSA) is 26.0 Å². The van der Waals surface area contributed by atoms with Gasteiger partial charge in [0.05, 0.1) is 0 Å². The van der Waals surface area contributed by atoms with E-state index in [1.165, 1.54) is 12.0 Å². The molecule has 0 amide bonds. The van der Waals surface area contributed by atoms with Gasteiger partial charge < -0.3 is 5.73 Å². The largest absolute Gasteiger partial charge is 0.327 e. The van der Waals surface area contributed by atoms with Crippen molar-refractivity contribution in [2.45, 2.75) is 39.2 Å². The van der Waals surface area contributed by atoms with Gasteiger partial charge in [0.15, 0.2) is 0 Å². The summed E-state index contributed by atoms with van der Waals surface area (Å²) in [6, 6.07) is 0.248. The lowest BCUT2D eigenvalue weighted by Gasteiger charge is -2.18. The fourth-order valence-corrected chi connectivity index (χ4v) is 2.40. The maximum atomic E-state index is 6.17. The zero-order valence-corrected chi connectivity index (χ0v) is 10.7. The molecule has 16 heavy (non-hydrogen) atoms. The SMILES string of the molecule is C=CCC1C(=C)CC(N)C1/C=C/C(C)CC. The predicted molar refractivity (Wildman–Crippen MR) is 72.1 cm³/mol. The third kappa shape index (κ3) is 3.08. The summed E-state index contributed by atoms with van der Waals surface area (Å²) in [5.41, 5.74) is 7.47. The standard InChI is InChI=1S/C15H25N/c1-5-7-13-12(4)10-15(16)14(13)9-8-11(3)6-2/h5,8-9,11,13-15H,1,4,6-7,10,16H2,2-3H3/b9-8+. The normalized spacial score (nSPS) is 32.2. The summed E-state index contributed by atoms with van der Waals surface area (Å²) in [4.78, 5) is 0. The second-order valence-corrected chi connectivity index (χ2v) is 5.00. The van der Waals surface area contributed by atoms with E-state index < -0.39 is 0 Å². The number of allylic oxidation sites excluding steroid dienone is 2. The molecule has 1 aliphatic carbocycles. The molecule has 0 aromatic rings. The summed E-state index contributed by atoms with van der Waals surface area (Å²) in [5, 5.41) is 0. The minimum Gasteiger partial charge on any atom is -0.327 e. The van der Waals surface area contributed by atoms with Crippen molar-refractivity contribution in [2.75, 3.05) is 0 Å². The monoisotopic (exact) mass is 219 g/mol. The lowest BCUT2D eigenvalue weighted by atomic mass is 9.88. The van der Waals surface area contributed by atoms with E-state index in [1.807, 2.05) is 6.08 Å². The van der Waals surface area contributed by atoms with Gasteiger partial charge in [-0.15, -0.1) is 6.58 Å². The van der Waals surface area contributed by atoms with Crippen molar-refractivity contribution in [3.05, 3.63) is 37.0 Å². The zero-order valence-electron chi connectivity index (χ0n) is 10.7. The van der Waals surface area contributed by atoms with Crippen LogP contribution in [0.4, 0.5) is 0 Å². The Bertz CT molecular complexity index is 277. The molecule has 4 atom stereocenters. The Morgan fingerprint density at radius 2 is 2.25 bits per heavy atom. The Kier molecular flexibility index (Phi) is 5.01. The smallest absolute Gasteiger partial charge is 0.0145 e. The molecule has 1 nitrogen and oxygen atoms in total. The van der Waals surface area contributed by atoms with Crippen LogP contribution in [0.25, 0.3) is 0 Å². The van der Waals surface area contributed by atoms with Gasteiger partial charge in [-0.1, -0.05) is 50.6 Å². The molecule has 4 unspecified atom stereocenters. The molecular formula is C15H25N. The fourth-order valence-electron chi connectivity index (χ4n) is 2.40. The summed E-state index contributed by atoms with van der Waals surface area (Å²) < 4.78 is 0. The Morgan fingerprint density at radius 1 is 1.56 bits per heavy atom. The molecule has 1 heteroatoms. The van der Waals surface area contributed by atoms with Crippen molar-refractivity contribution in [2.24, 2.45) is 23.5 Å². The molecule has 2 N–H and O–H groups in total. The van der Waals surface area contributed by atoms with Gasteiger partial charge >= 0.3 is 0 Å². The summed E-state index contributed by atoms with van der Waals surface area (Å²) in [6.45, 7) is 12.4. The van der Waals surface area contributed by atoms with E-state index in [-0.39, 0.29) is 6.04 Å². The highest BCUT2D eigenvalue weighted by atomic mass is 14.7. The summed E-state index contributed by atoms with van der Waals surface area (Å²) in [5.74, 6) is 1.61. The average Bonchev–Trinajstić information content (AvgIpc) is 2.52. The van der Waals surface area contributed by atoms with Gasteiger partial charge in [0.2, 0.25) is 0 Å². The Morgan fingerprint density at radius 3 is 2.81 bits per heavy atom. The molecule has 0 radical (unpaired) electrons. The first-order chi connectivity index (χ1) is 7.60. The van der Waals surface area contributed by atoms with E-state index in [1.54, 1.807) is 0 Å². The van der Waals surface area contributed by atoms with Gasteiger partial charge in [-0.2, -0.15) is 0 Å². The molecule has 0 aromatic carbocycles. The van der Waals surface area contributed by atoms with Gasteiger partial charge in [-0.3, -0.25) is 0 Å². The van der Waals surface area contributed by atoms with Crippen molar-refractivity contribution in [1.82, 2.24) is 0 Å². The molecule has 1 saturated carbocycles. The Balaban J connectivity index is 2.71. The van der Waals surface area contributed by atoms with Crippen LogP contribution in [0.1, 0.15) is 33.1 Å². The van der Waals surface area contributed by atoms with Crippen molar-refractivity contribution in [3.63, 3.8) is 0 Å². The number of rotatable bonds is 5. The van der Waals surface area contributed by atoms with Gasteiger partial charge in [0.25, 0.3) is 0 Å². The van der Waals surface area contributed by atoms with E-state index >= 15 is 0 Å². The van der Waals surface area contributed by atoms with Gasteiger partial charge in [0, 0.05) is 6.04 Å². The van der Waals surface area contributed by atoms with Crippen LogP contribution in [-0.4, -0.2) is 6.04 Å². The first-order valence-corrected chi connectivity index (χ1v) is 6.32. The minimum absolute atomic E-state index is 0.248. The lowest BCUT2D eigenvalue weighted by Crippen LogP contribution is -2.26. The first kappa shape index (κ1) is 13.2. The lowest BCUT2D eigenvalue weighted by molar-refractivity contribution is 0.463. The Hall–Kier alpha value is -0.820. The van der Waals surface area contributed by atoms with Gasteiger partial charge in [-0.05, 0) is 30.6 Å². The molecule has 1 fully saturated rings. The Labute approximate surface area is 100 Å². The summed E-state index contributed by atoms with van der Waals surface area (Å²) >= 11 is 0. The minimum atomic E-state index is 0.248. The number of nitrogens with two attached hydrogens (primary N) is 1. The number of hydrogen-bond acceptors (Lipinski definition) is 1. The van der Waals surface area contributed by atoms with E-state index in [4.69, 9.17) is 5.73 Å². The second-order valence-electron chi connectivity index (χ2n) is 5.00. The molecule has 0 aromatic heterocycles. The molecular weight excluding hydrogens is 194 g/mol. The maximum absolute atomic E-state index is 6.17. The average molecular weight is 219 g/mol. The van der Waals surface area contributed by atoms with E-state index in [0.29, 0.717) is 17.8 Å². The third-order valence-electron chi connectivity index (χ3n) is 3.71. The van der Waals surface area contributed by atoms with Crippen LogP contribution in [0.2, 0.25) is 0 Å². The fraction of sp³-hybridized carbons (Fsp3) is 0.600. The molecule has 1 rings (SSSR count). The molecule has 90 valence electrons. The van der Waals surface area contributed by atoms with E-state index in [9.17, 15) is 0 Å². The molecule has 0 aliphatic heterocycles. The molecule has 0 heterocycles.